The number of nitrogens with zero attached hydrogens (tertiary/aromatic N) is 1. The summed E-state index contributed by atoms with van der Waals surface area (Å²) in [5.74, 6) is 1.000. The largest absolute Gasteiger partial charge is 0.496 e. The molecule has 1 aliphatic carbocycles. The maximum absolute atomic E-state index is 12.6. The lowest BCUT2D eigenvalue weighted by Gasteiger charge is -2.28. The van der Waals surface area contributed by atoms with Crippen LogP contribution in [0.15, 0.2) is 45.3 Å². The van der Waals surface area contributed by atoms with Crippen molar-refractivity contribution < 1.29 is 9.53 Å². The Kier molecular flexibility index (Phi) is 6.03. The van der Waals surface area contributed by atoms with E-state index in [-0.39, 0.29) is 29.0 Å². The van der Waals surface area contributed by atoms with Crippen molar-refractivity contribution in [1.82, 2.24) is 14.9 Å². The molecule has 1 aromatic carbocycles. The zero-order valence-corrected chi connectivity index (χ0v) is 17.7. The van der Waals surface area contributed by atoms with Gasteiger partial charge in [0.1, 0.15) is 10.4 Å². The van der Waals surface area contributed by atoms with Crippen molar-refractivity contribution in [2.45, 2.75) is 38.8 Å². The first-order chi connectivity index (χ1) is 14.6. The molecule has 158 valence electrons. The van der Waals surface area contributed by atoms with Crippen LogP contribution < -0.4 is 21.3 Å². The van der Waals surface area contributed by atoms with Crippen LogP contribution in [0.25, 0.3) is 10.2 Å². The van der Waals surface area contributed by atoms with Crippen LogP contribution in [0.2, 0.25) is 0 Å². The van der Waals surface area contributed by atoms with Gasteiger partial charge in [-0.3, -0.25) is 14.2 Å². The quantitative estimate of drug-likeness (QED) is 0.633. The number of carbonyl (C=O) groups is 1. The van der Waals surface area contributed by atoms with Crippen LogP contribution >= 0.6 is 11.3 Å². The second-order valence-electron chi connectivity index (χ2n) is 7.76. The molecular weight excluding hydrogens is 402 g/mol. The Bertz CT molecular complexity index is 1150. The molecule has 1 aliphatic rings. The highest BCUT2D eigenvalue weighted by Crippen LogP contribution is 2.30. The second-order valence-corrected chi connectivity index (χ2v) is 8.67. The molecule has 0 spiro atoms. The number of ether oxygens (including phenoxy) is 1. The molecule has 1 amide bonds. The SMILES string of the molecule is COc1ccccc1CNC(=O)C1CCC(Cn2c(=O)[nH]c3ccsc3c2=O)CC1. The minimum Gasteiger partial charge on any atom is -0.496 e. The number of hydrogen-bond donors (Lipinski definition) is 2. The predicted octanol–water partition coefficient (Wildman–Crippen LogP) is 2.88. The van der Waals surface area contributed by atoms with Gasteiger partial charge in [0, 0.05) is 24.6 Å². The number of aromatic nitrogens is 2. The maximum Gasteiger partial charge on any atom is 0.328 e. The summed E-state index contributed by atoms with van der Waals surface area (Å²) in [6, 6.07) is 9.39. The van der Waals surface area contributed by atoms with Crippen molar-refractivity contribution in [1.29, 1.82) is 0 Å². The van der Waals surface area contributed by atoms with Crippen molar-refractivity contribution in [2.75, 3.05) is 7.11 Å². The first-order valence-corrected chi connectivity index (χ1v) is 11.0. The lowest BCUT2D eigenvalue weighted by atomic mass is 9.81. The van der Waals surface area contributed by atoms with E-state index >= 15 is 0 Å². The molecule has 2 N–H and O–H groups in total. The summed E-state index contributed by atoms with van der Waals surface area (Å²) in [5.41, 5.74) is 0.967. The summed E-state index contributed by atoms with van der Waals surface area (Å²) in [7, 11) is 1.62. The summed E-state index contributed by atoms with van der Waals surface area (Å²) in [4.78, 5) is 40.3. The van der Waals surface area contributed by atoms with Crippen molar-refractivity contribution in [3.05, 3.63) is 62.1 Å². The number of aromatic amines is 1. The van der Waals surface area contributed by atoms with E-state index < -0.39 is 0 Å². The molecular formula is C22H25N3O4S. The zero-order valence-electron chi connectivity index (χ0n) is 16.8. The Hall–Kier alpha value is -2.87. The molecule has 0 bridgehead atoms. The average molecular weight is 428 g/mol. The number of hydrogen-bond acceptors (Lipinski definition) is 5. The van der Waals surface area contributed by atoms with Gasteiger partial charge in [-0.15, -0.1) is 11.3 Å². The van der Waals surface area contributed by atoms with Gasteiger partial charge in [-0.1, -0.05) is 18.2 Å². The van der Waals surface area contributed by atoms with Crippen molar-refractivity contribution in [3.8, 4) is 5.75 Å². The van der Waals surface area contributed by atoms with E-state index in [1.165, 1.54) is 15.9 Å². The standard InChI is InChI=1S/C22H25N3O4S/c1-29-18-5-3-2-4-16(18)12-23-20(26)15-8-6-14(7-9-15)13-25-21(27)19-17(10-11-30-19)24-22(25)28/h2-5,10-11,14-15H,6-9,12-13H2,1H3,(H,23,26)(H,24,28). The van der Waals surface area contributed by atoms with Crippen LogP contribution in [-0.2, 0) is 17.9 Å². The minimum atomic E-state index is -0.359. The lowest BCUT2D eigenvalue weighted by Crippen LogP contribution is -2.38. The van der Waals surface area contributed by atoms with Crippen molar-refractivity contribution >= 4 is 27.5 Å². The Morgan fingerprint density at radius 2 is 1.97 bits per heavy atom. The fraction of sp³-hybridized carbons (Fsp3) is 0.409. The maximum atomic E-state index is 12.6. The highest BCUT2D eigenvalue weighted by atomic mass is 32.1. The van der Waals surface area contributed by atoms with Gasteiger partial charge in [0.15, 0.2) is 0 Å². The molecule has 1 saturated carbocycles. The van der Waals surface area contributed by atoms with Gasteiger partial charge in [-0.2, -0.15) is 0 Å². The molecule has 2 heterocycles. The van der Waals surface area contributed by atoms with Crippen LogP contribution in [0.3, 0.4) is 0 Å². The highest BCUT2D eigenvalue weighted by molar-refractivity contribution is 7.17. The van der Waals surface area contributed by atoms with E-state index in [9.17, 15) is 14.4 Å². The van der Waals surface area contributed by atoms with Crippen LogP contribution in [0.1, 0.15) is 31.2 Å². The van der Waals surface area contributed by atoms with Crippen LogP contribution in [0, 0.1) is 11.8 Å². The lowest BCUT2D eigenvalue weighted by molar-refractivity contribution is -0.126. The third-order valence-corrected chi connectivity index (χ3v) is 6.80. The van der Waals surface area contributed by atoms with Crippen molar-refractivity contribution in [2.24, 2.45) is 11.8 Å². The number of carbonyl (C=O) groups excluding carboxylic acids is 1. The number of nitrogens with one attached hydrogen (secondary N) is 2. The average Bonchev–Trinajstić information content (AvgIpc) is 3.24. The molecule has 0 unspecified atom stereocenters. The first kappa shape index (κ1) is 20.4. The molecule has 2 aromatic heterocycles. The second kappa shape index (κ2) is 8.87. The summed E-state index contributed by atoms with van der Waals surface area (Å²) < 4.78 is 7.22. The number of amides is 1. The summed E-state index contributed by atoms with van der Waals surface area (Å²) >= 11 is 1.34. The molecule has 0 aliphatic heterocycles. The molecule has 0 atom stereocenters. The summed E-state index contributed by atoms with van der Waals surface area (Å²) in [5, 5.41) is 4.82. The number of rotatable bonds is 6. The van der Waals surface area contributed by atoms with Crippen LogP contribution in [0.4, 0.5) is 0 Å². The van der Waals surface area contributed by atoms with Gasteiger partial charge in [0.2, 0.25) is 5.91 Å². The highest BCUT2D eigenvalue weighted by Gasteiger charge is 2.27. The molecule has 0 radical (unpaired) electrons. The molecule has 3 aromatic rings. The van der Waals surface area contributed by atoms with Gasteiger partial charge in [-0.25, -0.2) is 4.79 Å². The Labute approximate surface area is 177 Å². The van der Waals surface area contributed by atoms with E-state index in [0.29, 0.717) is 23.3 Å². The van der Waals surface area contributed by atoms with Gasteiger partial charge in [0.25, 0.3) is 5.56 Å². The van der Waals surface area contributed by atoms with Gasteiger partial charge >= 0.3 is 5.69 Å². The fourth-order valence-electron chi connectivity index (χ4n) is 4.18. The van der Waals surface area contributed by atoms with Gasteiger partial charge < -0.3 is 15.0 Å². The van der Waals surface area contributed by atoms with Gasteiger partial charge in [0.05, 0.1) is 12.6 Å². The van der Waals surface area contributed by atoms with E-state index in [2.05, 4.69) is 10.3 Å². The normalized spacial score (nSPS) is 19.0. The number of H-pyrrole nitrogens is 1. The molecule has 1 fully saturated rings. The predicted molar refractivity (Wildman–Crippen MR) is 117 cm³/mol. The molecule has 0 saturated heterocycles. The van der Waals surface area contributed by atoms with Gasteiger partial charge in [-0.05, 0) is 49.1 Å². The minimum absolute atomic E-state index is 0.0364. The number of benzene rings is 1. The first-order valence-electron chi connectivity index (χ1n) is 10.2. The summed E-state index contributed by atoms with van der Waals surface area (Å²) in [6.07, 6.45) is 3.16. The molecule has 4 rings (SSSR count). The Balaban J connectivity index is 1.33. The van der Waals surface area contributed by atoms with E-state index in [1.807, 2.05) is 24.3 Å². The molecule has 30 heavy (non-hydrogen) atoms. The monoisotopic (exact) mass is 427 g/mol. The van der Waals surface area contributed by atoms with E-state index in [1.54, 1.807) is 18.6 Å². The van der Waals surface area contributed by atoms with E-state index in [0.717, 1.165) is 37.0 Å². The number of fused-ring (bicyclic) bond motifs is 1. The Morgan fingerprint density at radius 3 is 2.73 bits per heavy atom. The number of methoxy groups -OCH3 is 1. The van der Waals surface area contributed by atoms with Crippen molar-refractivity contribution in [3.63, 3.8) is 0 Å². The topological polar surface area (TPSA) is 93.2 Å². The number of para-hydroxylation sites is 1. The van der Waals surface area contributed by atoms with Crippen LogP contribution in [0.5, 0.6) is 5.75 Å². The third kappa shape index (κ3) is 4.18. The van der Waals surface area contributed by atoms with Crippen LogP contribution in [-0.4, -0.2) is 22.6 Å². The third-order valence-electron chi connectivity index (χ3n) is 5.90. The Morgan fingerprint density at radius 1 is 1.20 bits per heavy atom. The zero-order chi connectivity index (χ0) is 21.1. The smallest absolute Gasteiger partial charge is 0.328 e. The molecule has 8 heteroatoms. The fourth-order valence-corrected chi connectivity index (χ4v) is 4.97. The molecule has 7 nitrogen and oxygen atoms in total. The van der Waals surface area contributed by atoms with E-state index in [4.69, 9.17) is 4.74 Å². The number of thiophene rings is 1. The summed E-state index contributed by atoms with van der Waals surface area (Å²) in [6.45, 7) is 0.839.